The number of aromatic amines is 1. The van der Waals surface area contributed by atoms with Crippen LogP contribution in [0.15, 0.2) is 23.0 Å². The van der Waals surface area contributed by atoms with Gasteiger partial charge >= 0.3 is 0 Å². The first kappa shape index (κ1) is 12.8. The van der Waals surface area contributed by atoms with Crippen LogP contribution < -0.4 is 10.9 Å². The fourth-order valence-corrected chi connectivity index (χ4v) is 2.06. The molecule has 1 atom stereocenters. The van der Waals surface area contributed by atoms with Crippen molar-refractivity contribution in [1.29, 1.82) is 0 Å². The minimum atomic E-state index is -0.265. The summed E-state index contributed by atoms with van der Waals surface area (Å²) in [5, 5.41) is 2.78. The molecule has 1 amide bonds. The number of carbonyl (C=O) groups excluding carboxylic acids is 1. The highest BCUT2D eigenvalue weighted by atomic mass is 16.5. The summed E-state index contributed by atoms with van der Waals surface area (Å²) < 4.78 is 5.58. The zero-order valence-corrected chi connectivity index (χ0v) is 10.3. The van der Waals surface area contributed by atoms with Crippen LogP contribution in [0.5, 0.6) is 0 Å². The molecule has 18 heavy (non-hydrogen) atoms. The van der Waals surface area contributed by atoms with Gasteiger partial charge in [0.2, 0.25) is 5.56 Å². The maximum atomic E-state index is 11.7. The van der Waals surface area contributed by atoms with Crippen LogP contribution in [0.1, 0.15) is 36.2 Å². The number of ether oxygens (including phenoxy) is 1. The van der Waals surface area contributed by atoms with Crippen LogP contribution in [0.3, 0.4) is 0 Å². The van der Waals surface area contributed by atoms with E-state index in [1.54, 1.807) is 12.1 Å². The summed E-state index contributed by atoms with van der Waals surface area (Å²) in [6, 6.07) is 4.54. The Bertz CT molecular complexity index is 450. The molecule has 2 N–H and O–H groups in total. The van der Waals surface area contributed by atoms with Crippen LogP contribution in [0.25, 0.3) is 0 Å². The molecule has 5 nitrogen and oxygen atoms in total. The van der Waals surface area contributed by atoms with Gasteiger partial charge in [0, 0.05) is 19.2 Å². The van der Waals surface area contributed by atoms with Crippen LogP contribution in [0, 0.1) is 0 Å². The molecule has 0 saturated carbocycles. The summed E-state index contributed by atoms with van der Waals surface area (Å²) in [5.41, 5.74) is 0.0327. The molecule has 5 heteroatoms. The average Bonchev–Trinajstić information content (AvgIpc) is 2.40. The van der Waals surface area contributed by atoms with Gasteiger partial charge in [-0.15, -0.1) is 0 Å². The molecular formula is C13H18N2O3. The Hall–Kier alpha value is -1.62. The largest absolute Gasteiger partial charge is 0.378 e. The second kappa shape index (κ2) is 6.35. The highest BCUT2D eigenvalue weighted by Gasteiger charge is 2.14. The molecule has 0 spiro atoms. The van der Waals surface area contributed by atoms with Crippen LogP contribution in [-0.4, -0.2) is 30.1 Å². The van der Waals surface area contributed by atoms with Crippen LogP contribution in [0.4, 0.5) is 0 Å². The highest BCUT2D eigenvalue weighted by molar-refractivity contribution is 5.92. The number of aromatic nitrogens is 1. The third-order valence-electron chi connectivity index (χ3n) is 3.04. The first-order chi connectivity index (χ1) is 8.75. The van der Waals surface area contributed by atoms with Gasteiger partial charge < -0.3 is 15.0 Å². The van der Waals surface area contributed by atoms with Crippen molar-refractivity contribution in [1.82, 2.24) is 10.3 Å². The predicted octanol–water partition coefficient (Wildman–Crippen LogP) is 1.06. The second-order valence-electron chi connectivity index (χ2n) is 4.46. The van der Waals surface area contributed by atoms with E-state index >= 15 is 0 Å². The van der Waals surface area contributed by atoms with E-state index in [9.17, 15) is 9.59 Å². The summed E-state index contributed by atoms with van der Waals surface area (Å²) in [6.45, 7) is 1.39. The molecular weight excluding hydrogens is 232 g/mol. The van der Waals surface area contributed by atoms with Crippen molar-refractivity contribution < 1.29 is 9.53 Å². The smallest absolute Gasteiger partial charge is 0.267 e. The number of hydrogen-bond donors (Lipinski definition) is 2. The van der Waals surface area contributed by atoms with Gasteiger partial charge in [0.1, 0.15) is 5.69 Å². The minimum Gasteiger partial charge on any atom is -0.378 e. The summed E-state index contributed by atoms with van der Waals surface area (Å²) in [5.74, 6) is -0.247. The van der Waals surface area contributed by atoms with Gasteiger partial charge in [0.15, 0.2) is 0 Å². The summed E-state index contributed by atoms with van der Waals surface area (Å²) in [4.78, 5) is 25.3. The topological polar surface area (TPSA) is 71.2 Å². The van der Waals surface area contributed by atoms with E-state index < -0.39 is 0 Å². The fourth-order valence-electron chi connectivity index (χ4n) is 2.06. The zero-order valence-electron chi connectivity index (χ0n) is 10.3. The lowest BCUT2D eigenvalue weighted by Crippen LogP contribution is -2.30. The number of amides is 1. The third kappa shape index (κ3) is 3.70. The Labute approximate surface area is 106 Å². The minimum absolute atomic E-state index is 0.247. The quantitative estimate of drug-likeness (QED) is 0.839. The summed E-state index contributed by atoms with van der Waals surface area (Å²) in [6.07, 6.45) is 4.48. The fraction of sp³-hybridized carbons (Fsp3) is 0.538. The molecule has 2 heterocycles. The van der Waals surface area contributed by atoms with Gasteiger partial charge in [-0.1, -0.05) is 6.07 Å². The van der Waals surface area contributed by atoms with Crippen LogP contribution in [0.2, 0.25) is 0 Å². The first-order valence-electron chi connectivity index (χ1n) is 6.35. The van der Waals surface area contributed by atoms with Gasteiger partial charge in [-0.3, -0.25) is 9.59 Å². The van der Waals surface area contributed by atoms with Crippen molar-refractivity contribution in [3.05, 3.63) is 34.2 Å². The van der Waals surface area contributed by atoms with E-state index in [1.165, 1.54) is 12.5 Å². The van der Waals surface area contributed by atoms with E-state index in [4.69, 9.17) is 4.74 Å². The number of carbonyl (C=O) groups is 1. The van der Waals surface area contributed by atoms with E-state index in [-0.39, 0.29) is 17.6 Å². The zero-order chi connectivity index (χ0) is 12.8. The maximum absolute atomic E-state index is 11.7. The van der Waals surface area contributed by atoms with Gasteiger partial charge in [0.25, 0.3) is 5.91 Å². The van der Waals surface area contributed by atoms with Crippen molar-refractivity contribution in [2.75, 3.05) is 13.2 Å². The molecule has 2 rings (SSSR count). The lowest BCUT2D eigenvalue weighted by atomic mass is 10.1. The van der Waals surface area contributed by atoms with Gasteiger partial charge in [-0.2, -0.15) is 0 Å². The maximum Gasteiger partial charge on any atom is 0.267 e. The molecule has 1 aliphatic heterocycles. The molecule has 0 aliphatic carbocycles. The monoisotopic (exact) mass is 250 g/mol. The van der Waals surface area contributed by atoms with E-state index in [0.29, 0.717) is 12.2 Å². The van der Waals surface area contributed by atoms with Crippen molar-refractivity contribution in [2.45, 2.75) is 31.8 Å². The number of rotatable bonds is 4. The number of hydrogen-bond acceptors (Lipinski definition) is 3. The Kier molecular flexibility index (Phi) is 4.52. The van der Waals surface area contributed by atoms with E-state index in [0.717, 1.165) is 25.9 Å². The average molecular weight is 250 g/mol. The van der Waals surface area contributed by atoms with Gasteiger partial charge in [-0.25, -0.2) is 0 Å². The predicted molar refractivity (Wildman–Crippen MR) is 67.6 cm³/mol. The lowest BCUT2D eigenvalue weighted by molar-refractivity contribution is 0.0117. The summed E-state index contributed by atoms with van der Waals surface area (Å²) in [7, 11) is 0. The van der Waals surface area contributed by atoms with Crippen molar-refractivity contribution in [3.8, 4) is 0 Å². The molecule has 1 aromatic rings. The van der Waals surface area contributed by atoms with E-state index in [2.05, 4.69) is 10.3 Å². The van der Waals surface area contributed by atoms with Gasteiger partial charge in [-0.05, 0) is 31.7 Å². The normalized spacial score (nSPS) is 19.4. The molecule has 98 valence electrons. The lowest BCUT2D eigenvalue weighted by Gasteiger charge is -2.22. The van der Waals surface area contributed by atoms with E-state index in [1.807, 2.05) is 0 Å². The van der Waals surface area contributed by atoms with Crippen molar-refractivity contribution >= 4 is 5.91 Å². The number of H-pyrrole nitrogens is 1. The Balaban J connectivity index is 1.76. The molecule has 1 unspecified atom stereocenters. The Morgan fingerprint density at radius 2 is 2.33 bits per heavy atom. The standard InChI is InChI=1S/C13H18N2O3/c16-12-6-3-5-11(15-12)13(17)14-8-7-10-4-1-2-9-18-10/h3,5-6,10H,1-2,4,7-9H2,(H,14,17)(H,15,16). The van der Waals surface area contributed by atoms with Crippen LogP contribution in [-0.2, 0) is 4.74 Å². The van der Waals surface area contributed by atoms with Crippen molar-refractivity contribution in [3.63, 3.8) is 0 Å². The molecule has 1 fully saturated rings. The van der Waals surface area contributed by atoms with Crippen LogP contribution >= 0.6 is 0 Å². The number of pyridine rings is 1. The SMILES string of the molecule is O=C(NCCC1CCCCO1)c1cccc(=O)[nH]1. The molecule has 1 aromatic heterocycles. The van der Waals surface area contributed by atoms with Crippen molar-refractivity contribution in [2.24, 2.45) is 0 Å². The third-order valence-corrected chi connectivity index (χ3v) is 3.04. The van der Waals surface area contributed by atoms with Gasteiger partial charge in [0.05, 0.1) is 6.10 Å². The summed E-state index contributed by atoms with van der Waals surface area (Å²) >= 11 is 0. The molecule has 1 saturated heterocycles. The molecule has 0 bridgehead atoms. The number of nitrogens with one attached hydrogen (secondary N) is 2. The first-order valence-corrected chi connectivity index (χ1v) is 6.35. The Morgan fingerprint density at radius 1 is 1.44 bits per heavy atom. The highest BCUT2D eigenvalue weighted by Crippen LogP contribution is 2.14. The Morgan fingerprint density at radius 3 is 3.06 bits per heavy atom. The molecule has 0 radical (unpaired) electrons. The molecule has 1 aliphatic rings. The second-order valence-corrected chi connectivity index (χ2v) is 4.46. The molecule has 0 aromatic carbocycles.